The second-order valence-corrected chi connectivity index (χ2v) is 2.34. The van der Waals surface area contributed by atoms with Crippen molar-refractivity contribution < 1.29 is 0 Å². The summed E-state index contributed by atoms with van der Waals surface area (Å²) in [5.74, 6) is 0. The lowest BCUT2D eigenvalue weighted by atomic mass is 11.0. The highest BCUT2D eigenvalue weighted by Crippen LogP contribution is 2.23. The third kappa shape index (κ3) is 1.02. The molecule has 0 atom stereocenters. The maximum absolute atomic E-state index is 2.99. The van der Waals surface area contributed by atoms with Gasteiger partial charge in [0.15, 0.2) is 0 Å². The van der Waals surface area contributed by atoms with Gasteiger partial charge in [-0.3, -0.25) is 5.43 Å². The lowest BCUT2D eigenvalue weighted by Gasteiger charge is -2.17. The van der Waals surface area contributed by atoms with Crippen LogP contribution in [0.3, 0.4) is 0 Å². The van der Waals surface area contributed by atoms with Crippen molar-refractivity contribution in [2.45, 2.75) is 0 Å². The standard InChI is InChI=1S/C4H5N3S.BrH/c1-2-7-6(5-1)3-4-8-7;/h1-5H;1H. The summed E-state index contributed by atoms with van der Waals surface area (Å²) in [6.45, 7) is 0. The monoisotopic (exact) mass is 207 g/mol. The summed E-state index contributed by atoms with van der Waals surface area (Å²) >= 11 is 1.64. The van der Waals surface area contributed by atoms with Gasteiger partial charge < -0.3 is 0 Å². The van der Waals surface area contributed by atoms with Crippen molar-refractivity contribution in [1.29, 1.82) is 0 Å². The number of hydrazine groups is 2. The maximum Gasteiger partial charge on any atom is 0.0543 e. The molecule has 0 fully saturated rings. The van der Waals surface area contributed by atoms with Gasteiger partial charge in [0.05, 0.1) is 12.4 Å². The van der Waals surface area contributed by atoms with E-state index in [-0.39, 0.29) is 17.0 Å². The molecule has 5 heteroatoms. The molecule has 50 valence electrons. The zero-order chi connectivity index (χ0) is 5.40. The minimum atomic E-state index is 0. The molecule has 9 heavy (non-hydrogen) atoms. The van der Waals surface area contributed by atoms with E-state index >= 15 is 0 Å². The molecule has 0 bridgehead atoms. The van der Waals surface area contributed by atoms with Crippen LogP contribution in [0.5, 0.6) is 0 Å². The Kier molecular flexibility index (Phi) is 1.92. The molecule has 0 saturated heterocycles. The van der Waals surface area contributed by atoms with Gasteiger partial charge in [-0.05, 0) is 0 Å². The molecule has 1 N–H and O–H groups in total. The van der Waals surface area contributed by atoms with E-state index in [2.05, 4.69) is 5.43 Å². The molecule has 0 aromatic heterocycles. The van der Waals surface area contributed by atoms with Gasteiger partial charge >= 0.3 is 0 Å². The molecule has 2 heterocycles. The van der Waals surface area contributed by atoms with Crippen LogP contribution in [0.2, 0.25) is 0 Å². The van der Waals surface area contributed by atoms with E-state index in [1.54, 1.807) is 11.9 Å². The maximum atomic E-state index is 2.99. The summed E-state index contributed by atoms with van der Waals surface area (Å²) in [5, 5.41) is 3.90. The molecule has 0 amide bonds. The van der Waals surface area contributed by atoms with E-state index in [1.165, 1.54) is 0 Å². The van der Waals surface area contributed by atoms with Crippen LogP contribution < -0.4 is 5.43 Å². The van der Waals surface area contributed by atoms with Crippen LogP contribution in [0.4, 0.5) is 0 Å². The summed E-state index contributed by atoms with van der Waals surface area (Å²) in [6, 6.07) is 0. The van der Waals surface area contributed by atoms with Gasteiger partial charge in [-0.15, -0.1) is 17.0 Å². The van der Waals surface area contributed by atoms with Crippen LogP contribution in [0.1, 0.15) is 0 Å². The second-order valence-electron chi connectivity index (χ2n) is 1.48. The fourth-order valence-corrected chi connectivity index (χ4v) is 1.27. The molecule has 2 aliphatic rings. The van der Waals surface area contributed by atoms with E-state index in [9.17, 15) is 0 Å². The first-order valence-corrected chi connectivity index (χ1v) is 3.15. The van der Waals surface area contributed by atoms with Gasteiger partial charge in [-0.25, -0.2) is 4.41 Å². The van der Waals surface area contributed by atoms with Crippen molar-refractivity contribution >= 4 is 28.9 Å². The molecule has 0 aromatic carbocycles. The molecule has 0 spiro atoms. The van der Waals surface area contributed by atoms with Crippen molar-refractivity contribution in [3.63, 3.8) is 0 Å². The van der Waals surface area contributed by atoms with Crippen molar-refractivity contribution in [1.82, 2.24) is 15.0 Å². The Bertz CT molecular complexity index is 140. The molecule has 3 nitrogen and oxygen atoms in total. The van der Waals surface area contributed by atoms with E-state index in [4.69, 9.17) is 0 Å². The molecule has 0 radical (unpaired) electrons. The Morgan fingerprint density at radius 3 is 3.00 bits per heavy atom. The van der Waals surface area contributed by atoms with Crippen molar-refractivity contribution in [3.8, 4) is 0 Å². The lowest BCUT2D eigenvalue weighted by Crippen LogP contribution is -2.29. The van der Waals surface area contributed by atoms with Crippen molar-refractivity contribution in [2.75, 3.05) is 0 Å². The molecule has 0 aliphatic carbocycles. The highest BCUT2D eigenvalue weighted by molar-refractivity contribution is 8.93. The quantitative estimate of drug-likeness (QED) is 0.602. The SMILES string of the molecule is Br.C1=CN2SC=CN2N1. The number of nitrogens with zero attached hydrogens (tertiary/aromatic N) is 2. The zero-order valence-electron chi connectivity index (χ0n) is 4.52. The van der Waals surface area contributed by atoms with E-state index < -0.39 is 0 Å². The van der Waals surface area contributed by atoms with E-state index in [0.29, 0.717) is 0 Å². The molecular formula is C4H6BrN3S. The molecule has 2 aliphatic heterocycles. The van der Waals surface area contributed by atoms with E-state index in [0.717, 1.165) is 0 Å². The average Bonchev–Trinajstić information content (AvgIpc) is 2.15. The first-order chi connectivity index (χ1) is 3.97. The number of rotatable bonds is 0. The third-order valence-electron chi connectivity index (χ3n) is 0.992. The zero-order valence-corrected chi connectivity index (χ0v) is 7.05. The first kappa shape index (κ1) is 6.82. The van der Waals surface area contributed by atoms with Gasteiger partial charge in [0.1, 0.15) is 0 Å². The summed E-state index contributed by atoms with van der Waals surface area (Å²) in [5.41, 5.74) is 2.99. The average molecular weight is 208 g/mol. The number of hydrogen-bond acceptors (Lipinski definition) is 4. The van der Waals surface area contributed by atoms with Crippen LogP contribution in [-0.4, -0.2) is 9.53 Å². The summed E-state index contributed by atoms with van der Waals surface area (Å²) in [6.07, 6.45) is 5.81. The smallest absolute Gasteiger partial charge is 0.0543 e. The number of fused-ring (bicyclic) bond motifs is 1. The van der Waals surface area contributed by atoms with Crippen LogP contribution >= 0.6 is 28.9 Å². The largest absolute Gasteiger partial charge is 0.285 e. The third-order valence-corrected chi connectivity index (χ3v) is 1.75. The van der Waals surface area contributed by atoms with E-state index in [1.807, 2.05) is 33.5 Å². The number of halogens is 1. The van der Waals surface area contributed by atoms with Gasteiger partial charge in [-0.1, -0.05) is 0 Å². The molecule has 2 rings (SSSR count). The lowest BCUT2D eigenvalue weighted by molar-refractivity contribution is 0.179. The normalized spacial score (nSPS) is 19.6. The molecule has 0 saturated carbocycles. The fraction of sp³-hybridized carbons (Fsp3) is 0. The van der Waals surface area contributed by atoms with Crippen LogP contribution in [0.25, 0.3) is 0 Å². The minimum absolute atomic E-state index is 0. The predicted octanol–water partition coefficient (Wildman–Crippen LogP) is 1.21. The summed E-state index contributed by atoms with van der Waals surface area (Å²) in [4.78, 5) is 0. The Morgan fingerprint density at radius 1 is 1.33 bits per heavy atom. The van der Waals surface area contributed by atoms with Gasteiger partial charge in [0, 0.05) is 23.6 Å². The Hall–Kier alpha value is -0.290. The van der Waals surface area contributed by atoms with Gasteiger partial charge in [0.2, 0.25) is 0 Å². The highest BCUT2D eigenvalue weighted by Gasteiger charge is 2.15. The summed E-state index contributed by atoms with van der Waals surface area (Å²) < 4.78 is 1.99. The fourth-order valence-electron chi connectivity index (χ4n) is 0.644. The first-order valence-electron chi connectivity index (χ1n) is 2.31. The topological polar surface area (TPSA) is 18.5 Å². The highest BCUT2D eigenvalue weighted by atomic mass is 79.9. The Balaban J connectivity index is 0.000000405. The van der Waals surface area contributed by atoms with Crippen LogP contribution in [-0.2, 0) is 0 Å². The van der Waals surface area contributed by atoms with Gasteiger partial charge in [-0.2, -0.15) is 5.12 Å². The van der Waals surface area contributed by atoms with Crippen molar-refractivity contribution in [2.24, 2.45) is 0 Å². The number of nitrogens with one attached hydrogen (secondary N) is 1. The van der Waals surface area contributed by atoms with Crippen molar-refractivity contribution in [3.05, 3.63) is 24.0 Å². The summed E-state index contributed by atoms with van der Waals surface area (Å²) in [7, 11) is 0. The Labute approximate surface area is 68.2 Å². The van der Waals surface area contributed by atoms with Crippen LogP contribution in [0.15, 0.2) is 24.0 Å². The Morgan fingerprint density at radius 2 is 2.22 bits per heavy atom. The molecule has 0 unspecified atom stereocenters. The molecular weight excluding hydrogens is 202 g/mol. The minimum Gasteiger partial charge on any atom is -0.285 e. The second kappa shape index (κ2) is 2.53. The molecule has 0 aromatic rings. The van der Waals surface area contributed by atoms with Gasteiger partial charge in [0.25, 0.3) is 0 Å². The predicted molar refractivity (Wildman–Crippen MR) is 43.0 cm³/mol. The number of hydrogen-bond donors (Lipinski definition) is 1. The van der Waals surface area contributed by atoms with Crippen LogP contribution in [0, 0.1) is 0 Å².